The molecule has 0 unspecified atom stereocenters. The Morgan fingerprint density at radius 2 is 2.03 bits per heavy atom. The number of oxazole rings is 1. The van der Waals surface area contributed by atoms with Gasteiger partial charge in [-0.05, 0) is 37.6 Å². The number of carbonyl (C=O) groups excluding carboxylic acids is 1. The van der Waals surface area contributed by atoms with Gasteiger partial charge in [0.1, 0.15) is 6.26 Å². The van der Waals surface area contributed by atoms with E-state index in [1.54, 1.807) is 0 Å². The molecule has 0 saturated carbocycles. The van der Waals surface area contributed by atoms with Crippen LogP contribution in [0.1, 0.15) is 22.6 Å². The van der Waals surface area contributed by atoms with Crippen molar-refractivity contribution in [3.8, 4) is 11.5 Å². The molecule has 4 aromatic rings. The number of carbonyl (C=O) groups is 1. The fourth-order valence-electron chi connectivity index (χ4n) is 3.80. The molecule has 4 heterocycles. The monoisotopic (exact) mass is 387 g/mol. The molecule has 0 radical (unpaired) electrons. The minimum absolute atomic E-state index is 0.0386. The first kappa shape index (κ1) is 17.5. The molecule has 1 saturated heterocycles. The second kappa shape index (κ2) is 7.09. The molecule has 1 aliphatic rings. The first-order chi connectivity index (χ1) is 14.2. The van der Waals surface area contributed by atoms with Gasteiger partial charge in [0.05, 0.1) is 11.2 Å². The van der Waals surface area contributed by atoms with Gasteiger partial charge in [-0.2, -0.15) is 0 Å². The van der Waals surface area contributed by atoms with Gasteiger partial charge >= 0.3 is 0 Å². The van der Waals surface area contributed by atoms with Crippen LogP contribution in [0.15, 0.2) is 65.5 Å². The van der Waals surface area contributed by atoms with Crippen LogP contribution in [0, 0.1) is 6.92 Å². The third kappa shape index (κ3) is 3.35. The van der Waals surface area contributed by atoms with E-state index >= 15 is 0 Å². The lowest BCUT2D eigenvalue weighted by Gasteiger charge is -2.19. The molecule has 1 fully saturated rings. The number of nitrogens with one attached hydrogen (secondary N) is 1. The molecular weight excluding hydrogens is 366 g/mol. The highest BCUT2D eigenvalue weighted by Gasteiger charge is 2.27. The summed E-state index contributed by atoms with van der Waals surface area (Å²) in [7, 11) is 0. The summed E-state index contributed by atoms with van der Waals surface area (Å²) >= 11 is 0. The van der Waals surface area contributed by atoms with Gasteiger partial charge in [0.15, 0.2) is 11.5 Å². The molecule has 1 amide bonds. The fourth-order valence-corrected chi connectivity index (χ4v) is 3.80. The molecular formula is C22H21N5O2. The van der Waals surface area contributed by atoms with Crippen molar-refractivity contribution in [1.82, 2.24) is 19.7 Å². The highest BCUT2D eigenvalue weighted by molar-refractivity contribution is 5.92. The largest absolute Gasteiger partial charge is 0.444 e. The number of nitrogens with zero attached hydrogens (tertiary/aromatic N) is 4. The second-order valence-electron chi connectivity index (χ2n) is 7.32. The average Bonchev–Trinajstić information content (AvgIpc) is 3.48. The number of amides is 1. The number of rotatable bonds is 4. The van der Waals surface area contributed by atoms with E-state index in [9.17, 15) is 4.79 Å². The van der Waals surface area contributed by atoms with Crippen molar-refractivity contribution in [1.29, 1.82) is 0 Å². The topological polar surface area (TPSA) is 75.7 Å². The van der Waals surface area contributed by atoms with Gasteiger partial charge in [0.25, 0.3) is 5.91 Å². The number of fused-ring (bicyclic) bond motifs is 1. The van der Waals surface area contributed by atoms with Crippen molar-refractivity contribution in [3.05, 3.63) is 72.5 Å². The van der Waals surface area contributed by atoms with Crippen molar-refractivity contribution >= 4 is 17.2 Å². The molecule has 5 rings (SSSR count). The van der Waals surface area contributed by atoms with Crippen LogP contribution < -0.4 is 10.2 Å². The van der Waals surface area contributed by atoms with E-state index < -0.39 is 0 Å². The Bertz CT molecular complexity index is 1160. The van der Waals surface area contributed by atoms with Crippen LogP contribution in [0.25, 0.3) is 17.0 Å². The SMILES string of the molecule is Cc1cn2cccc2c(N2CC[C@H](NC(=O)c3coc(-c4ccccc4)n3)C2)n1. The van der Waals surface area contributed by atoms with Gasteiger partial charge < -0.3 is 19.0 Å². The lowest BCUT2D eigenvalue weighted by Crippen LogP contribution is -2.37. The van der Waals surface area contributed by atoms with E-state index in [0.717, 1.165) is 35.6 Å². The Labute approximate surface area is 168 Å². The molecule has 0 aliphatic carbocycles. The zero-order valence-corrected chi connectivity index (χ0v) is 16.1. The normalized spacial score (nSPS) is 16.4. The molecule has 3 aromatic heterocycles. The lowest BCUT2D eigenvalue weighted by atomic mass is 10.2. The maximum atomic E-state index is 12.6. The van der Waals surface area contributed by atoms with Gasteiger partial charge in [-0.3, -0.25) is 4.79 Å². The van der Waals surface area contributed by atoms with E-state index in [-0.39, 0.29) is 11.9 Å². The average molecular weight is 387 g/mol. The van der Waals surface area contributed by atoms with Gasteiger partial charge in [-0.1, -0.05) is 18.2 Å². The summed E-state index contributed by atoms with van der Waals surface area (Å²) in [4.78, 5) is 23.9. The third-order valence-electron chi connectivity index (χ3n) is 5.20. The van der Waals surface area contributed by atoms with Crippen LogP contribution in [-0.2, 0) is 0 Å². The Hall–Kier alpha value is -3.61. The van der Waals surface area contributed by atoms with Crippen molar-refractivity contribution in [2.24, 2.45) is 0 Å². The van der Waals surface area contributed by atoms with Crippen LogP contribution >= 0.6 is 0 Å². The van der Waals surface area contributed by atoms with E-state index in [2.05, 4.69) is 25.7 Å². The number of aryl methyl sites for hydroxylation is 1. The highest BCUT2D eigenvalue weighted by Crippen LogP contribution is 2.25. The summed E-state index contributed by atoms with van der Waals surface area (Å²) < 4.78 is 7.57. The summed E-state index contributed by atoms with van der Waals surface area (Å²) in [6.45, 7) is 3.55. The van der Waals surface area contributed by atoms with Crippen molar-refractivity contribution in [2.45, 2.75) is 19.4 Å². The Morgan fingerprint density at radius 1 is 1.17 bits per heavy atom. The molecule has 29 heavy (non-hydrogen) atoms. The van der Waals surface area contributed by atoms with Crippen LogP contribution in [0.4, 0.5) is 5.82 Å². The number of aromatic nitrogens is 3. The first-order valence-corrected chi connectivity index (χ1v) is 9.68. The molecule has 0 bridgehead atoms. The molecule has 1 aromatic carbocycles. The number of anilines is 1. The van der Waals surface area contributed by atoms with E-state index in [0.29, 0.717) is 18.1 Å². The molecule has 1 aliphatic heterocycles. The summed E-state index contributed by atoms with van der Waals surface area (Å²) in [6.07, 6.45) is 6.31. The van der Waals surface area contributed by atoms with E-state index in [4.69, 9.17) is 9.40 Å². The van der Waals surface area contributed by atoms with E-state index in [1.807, 2.05) is 55.7 Å². The number of benzene rings is 1. The number of hydrogen-bond acceptors (Lipinski definition) is 5. The van der Waals surface area contributed by atoms with Crippen LogP contribution in [0.5, 0.6) is 0 Å². The summed E-state index contributed by atoms with van der Waals surface area (Å²) in [6, 6.07) is 13.7. The molecule has 7 nitrogen and oxygen atoms in total. The van der Waals surface area contributed by atoms with Crippen LogP contribution in [0.3, 0.4) is 0 Å². The lowest BCUT2D eigenvalue weighted by molar-refractivity contribution is 0.0935. The van der Waals surface area contributed by atoms with Gasteiger partial charge in [0, 0.05) is 37.1 Å². The minimum Gasteiger partial charge on any atom is -0.444 e. The zero-order valence-electron chi connectivity index (χ0n) is 16.1. The molecule has 146 valence electrons. The molecule has 1 N–H and O–H groups in total. The molecule has 0 spiro atoms. The van der Waals surface area contributed by atoms with Crippen LogP contribution in [-0.4, -0.2) is 39.4 Å². The Morgan fingerprint density at radius 3 is 2.90 bits per heavy atom. The first-order valence-electron chi connectivity index (χ1n) is 9.68. The van der Waals surface area contributed by atoms with Gasteiger partial charge in [0.2, 0.25) is 5.89 Å². The van der Waals surface area contributed by atoms with Crippen LogP contribution in [0.2, 0.25) is 0 Å². The molecule has 1 atom stereocenters. The Balaban J connectivity index is 1.28. The van der Waals surface area contributed by atoms with Gasteiger partial charge in [-0.25, -0.2) is 9.97 Å². The highest BCUT2D eigenvalue weighted by atomic mass is 16.3. The van der Waals surface area contributed by atoms with Crippen molar-refractivity contribution in [2.75, 3.05) is 18.0 Å². The Kier molecular flexibility index (Phi) is 4.27. The number of hydrogen-bond donors (Lipinski definition) is 1. The smallest absolute Gasteiger partial charge is 0.273 e. The second-order valence-corrected chi connectivity index (χ2v) is 7.32. The maximum absolute atomic E-state index is 12.6. The van der Waals surface area contributed by atoms with Gasteiger partial charge in [-0.15, -0.1) is 0 Å². The minimum atomic E-state index is -0.215. The standard InChI is InChI=1S/C22H21N5O2/c1-15-12-26-10-5-8-19(26)20(23-15)27-11-9-17(13-27)24-21(28)18-14-29-22(25-18)16-6-3-2-4-7-16/h2-8,10,12,14,17H,9,11,13H2,1H3,(H,24,28)/t17-/m0/s1. The van der Waals surface area contributed by atoms with E-state index in [1.165, 1.54) is 6.26 Å². The predicted octanol–water partition coefficient (Wildman–Crippen LogP) is 3.31. The van der Waals surface area contributed by atoms with Crippen molar-refractivity contribution in [3.63, 3.8) is 0 Å². The molecule has 7 heteroatoms. The maximum Gasteiger partial charge on any atom is 0.273 e. The zero-order chi connectivity index (χ0) is 19.8. The summed E-state index contributed by atoms with van der Waals surface area (Å²) in [5.74, 6) is 1.19. The summed E-state index contributed by atoms with van der Waals surface area (Å²) in [5, 5.41) is 3.08. The third-order valence-corrected chi connectivity index (χ3v) is 5.20. The fraction of sp³-hybridized carbons (Fsp3) is 0.227. The predicted molar refractivity (Wildman–Crippen MR) is 110 cm³/mol. The summed E-state index contributed by atoms with van der Waals surface area (Å²) in [5.41, 5.74) is 3.18. The van der Waals surface area contributed by atoms with Crippen molar-refractivity contribution < 1.29 is 9.21 Å². The quantitative estimate of drug-likeness (QED) is 0.581.